The minimum Gasteiger partial charge on any atom is -0.351 e. The number of rotatable bonds is 3. The van der Waals surface area contributed by atoms with Crippen LogP contribution in [0.1, 0.15) is 58.3 Å². The summed E-state index contributed by atoms with van der Waals surface area (Å²) in [7, 11) is 0. The molecule has 0 aromatic heterocycles. The van der Waals surface area contributed by atoms with Crippen LogP contribution in [0.15, 0.2) is 0 Å². The summed E-state index contributed by atoms with van der Waals surface area (Å²) >= 11 is 0. The zero-order valence-corrected chi connectivity index (χ0v) is 10.8. The standard InChI is InChI=1S/C14H24N2O/c1-14(5-2-6-14)16-13(17)9-10-7-11-3-4-12(8-10)15-11/h10-12,15H,2-9H2,1H3,(H,16,17). The minimum absolute atomic E-state index is 0.128. The molecule has 2 heterocycles. The Morgan fingerprint density at radius 2 is 1.94 bits per heavy atom. The van der Waals surface area contributed by atoms with Gasteiger partial charge in [0.2, 0.25) is 5.91 Å². The minimum atomic E-state index is 0.128. The molecule has 0 aromatic carbocycles. The molecule has 3 fully saturated rings. The Kier molecular flexibility index (Phi) is 2.89. The van der Waals surface area contributed by atoms with Crippen molar-refractivity contribution >= 4 is 5.91 Å². The normalized spacial score (nSPS) is 38.5. The molecule has 0 spiro atoms. The van der Waals surface area contributed by atoms with E-state index in [4.69, 9.17) is 0 Å². The largest absolute Gasteiger partial charge is 0.351 e. The number of hydrogen-bond donors (Lipinski definition) is 2. The second kappa shape index (κ2) is 4.27. The van der Waals surface area contributed by atoms with Crippen LogP contribution in [0.4, 0.5) is 0 Å². The van der Waals surface area contributed by atoms with Crippen LogP contribution in [0.2, 0.25) is 0 Å². The van der Waals surface area contributed by atoms with Crippen LogP contribution in [0.3, 0.4) is 0 Å². The summed E-state index contributed by atoms with van der Waals surface area (Å²) in [5, 5.41) is 6.86. The summed E-state index contributed by atoms with van der Waals surface area (Å²) in [6.07, 6.45) is 9.41. The summed E-state index contributed by atoms with van der Waals surface area (Å²) in [4.78, 5) is 12.0. The van der Waals surface area contributed by atoms with Crippen molar-refractivity contribution in [1.82, 2.24) is 10.6 Å². The first-order valence-electron chi connectivity index (χ1n) is 7.20. The van der Waals surface area contributed by atoms with E-state index < -0.39 is 0 Å². The topological polar surface area (TPSA) is 41.1 Å². The van der Waals surface area contributed by atoms with Gasteiger partial charge in [-0.15, -0.1) is 0 Å². The van der Waals surface area contributed by atoms with Crippen LogP contribution in [-0.2, 0) is 4.79 Å². The Labute approximate surface area is 104 Å². The van der Waals surface area contributed by atoms with E-state index in [1.165, 1.54) is 32.1 Å². The maximum Gasteiger partial charge on any atom is 0.220 e. The first kappa shape index (κ1) is 11.5. The third-order valence-corrected chi connectivity index (χ3v) is 4.94. The van der Waals surface area contributed by atoms with Gasteiger partial charge >= 0.3 is 0 Å². The van der Waals surface area contributed by atoms with Crippen LogP contribution >= 0.6 is 0 Å². The summed E-state index contributed by atoms with van der Waals surface area (Å²) < 4.78 is 0. The highest BCUT2D eigenvalue weighted by Crippen LogP contribution is 2.34. The van der Waals surface area contributed by atoms with Crippen LogP contribution in [0, 0.1) is 5.92 Å². The van der Waals surface area contributed by atoms with Crippen molar-refractivity contribution in [2.24, 2.45) is 5.92 Å². The first-order chi connectivity index (χ1) is 8.13. The van der Waals surface area contributed by atoms with Crippen LogP contribution < -0.4 is 10.6 Å². The fourth-order valence-electron chi connectivity index (χ4n) is 3.82. The van der Waals surface area contributed by atoms with Crippen molar-refractivity contribution in [3.05, 3.63) is 0 Å². The van der Waals surface area contributed by atoms with Crippen molar-refractivity contribution in [1.29, 1.82) is 0 Å². The van der Waals surface area contributed by atoms with Gasteiger partial charge < -0.3 is 10.6 Å². The molecule has 3 nitrogen and oxygen atoms in total. The highest BCUT2D eigenvalue weighted by molar-refractivity contribution is 5.77. The maximum atomic E-state index is 12.0. The molecule has 3 rings (SSSR count). The number of piperidine rings is 1. The zero-order valence-electron chi connectivity index (χ0n) is 10.8. The Morgan fingerprint density at radius 1 is 1.29 bits per heavy atom. The first-order valence-corrected chi connectivity index (χ1v) is 7.20. The summed E-state index contributed by atoms with van der Waals surface area (Å²) in [5.74, 6) is 0.913. The van der Waals surface area contributed by atoms with Gasteiger partial charge in [0.25, 0.3) is 0 Å². The van der Waals surface area contributed by atoms with E-state index in [-0.39, 0.29) is 5.54 Å². The van der Waals surface area contributed by atoms with E-state index in [0.29, 0.717) is 23.9 Å². The highest BCUT2D eigenvalue weighted by Gasteiger charge is 2.36. The molecular formula is C14H24N2O. The molecule has 2 N–H and O–H groups in total. The summed E-state index contributed by atoms with van der Waals surface area (Å²) in [5.41, 5.74) is 0.128. The van der Waals surface area contributed by atoms with E-state index in [9.17, 15) is 4.79 Å². The molecule has 2 atom stereocenters. The van der Waals surface area contributed by atoms with E-state index in [1.807, 2.05) is 0 Å². The second-order valence-corrected chi connectivity index (χ2v) is 6.64. The van der Waals surface area contributed by atoms with Crippen molar-refractivity contribution in [2.75, 3.05) is 0 Å². The number of nitrogens with one attached hydrogen (secondary N) is 2. The lowest BCUT2D eigenvalue weighted by atomic mass is 9.78. The lowest BCUT2D eigenvalue weighted by Gasteiger charge is -2.39. The van der Waals surface area contributed by atoms with E-state index in [2.05, 4.69) is 17.6 Å². The monoisotopic (exact) mass is 236 g/mol. The number of hydrogen-bond acceptors (Lipinski definition) is 2. The van der Waals surface area contributed by atoms with Gasteiger partial charge in [-0.25, -0.2) is 0 Å². The fourth-order valence-corrected chi connectivity index (χ4v) is 3.82. The molecule has 2 unspecified atom stereocenters. The quantitative estimate of drug-likeness (QED) is 0.786. The SMILES string of the molecule is CC1(NC(=O)CC2CC3CCC(C2)N3)CCC1. The molecule has 0 aromatic rings. The Morgan fingerprint density at radius 3 is 2.47 bits per heavy atom. The molecule has 0 radical (unpaired) electrons. The molecule has 3 heteroatoms. The van der Waals surface area contributed by atoms with E-state index in [1.54, 1.807) is 0 Å². The molecule has 3 aliphatic rings. The lowest BCUT2D eigenvalue weighted by Crippen LogP contribution is -2.51. The van der Waals surface area contributed by atoms with E-state index >= 15 is 0 Å². The molecule has 1 aliphatic carbocycles. The number of carbonyl (C=O) groups excluding carboxylic acids is 1. The maximum absolute atomic E-state index is 12.0. The summed E-state index contributed by atoms with van der Waals surface area (Å²) in [6, 6.07) is 1.40. The highest BCUT2D eigenvalue weighted by atomic mass is 16.1. The van der Waals surface area contributed by atoms with Crippen LogP contribution in [-0.4, -0.2) is 23.5 Å². The van der Waals surface area contributed by atoms with Crippen molar-refractivity contribution in [3.63, 3.8) is 0 Å². The van der Waals surface area contributed by atoms with Crippen molar-refractivity contribution in [2.45, 2.75) is 75.9 Å². The van der Waals surface area contributed by atoms with Gasteiger partial charge in [-0.3, -0.25) is 4.79 Å². The smallest absolute Gasteiger partial charge is 0.220 e. The number of amides is 1. The van der Waals surface area contributed by atoms with Gasteiger partial charge in [-0.1, -0.05) is 0 Å². The molecule has 1 amide bonds. The van der Waals surface area contributed by atoms with Crippen LogP contribution in [0.25, 0.3) is 0 Å². The number of carbonyl (C=O) groups is 1. The predicted octanol–water partition coefficient (Wildman–Crippen LogP) is 1.97. The van der Waals surface area contributed by atoms with E-state index in [0.717, 1.165) is 19.3 Å². The lowest BCUT2D eigenvalue weighted by molar-refractivity contribution is -0.125. The van der Waals surface area contributed by atoms with Gasteiger partial charge in [0, 0.05) is 24.0 Å². The zero-order chi connectivity index (χ0) is 11.9. The average molecular weight is 236 g/mol. The molecule has 17 heavy (non-hydrogen) atoms. The molecular weight excluding hydrogens is 212 g/mol. The third kappa shape index (κ3) is 2.49. The predicted molar refractivity (Wildman–Crippen MR) is 67.7 cm³/mol. The molecule has 2 bridgehead atoms. The van der Waals surface area contributed by atoms with Gasteiger partial charge in [-0.05, 0) is 57.8 Å². The van der Waals surface area contributed by atoms with Gasteiger partial charge in [-0.2, -0.15) is 0 Å². The van der Waals surface area contributed by atoms with Crippen molar-refractivity contribution in [3.8, 4) is 0 Å². The van der Waals surface area contributed by atoms with Gasteiger partial charge in [0.05, 0.1) is 0 Å². The van der Waals surface area contributed by atoms with Crippen LogP contribution in [0.5, 0.6) is 0 Å². The molecule has 1 saturated carbocycles. The Hall–Kier alpha value is -0.570. The Bertz CT molecular complexity index is 299. The Balaban J connectivity index is 1.48. The fraction of sp³-hybridized carbons (Fsp3) is 0.929. The number of fused-ring (bicyclic) bond motifs is 2. The van der Waals surface area contributed by atoms with Crippen molar-refractivity contribution < 1.29 is 4.79 Å². The molecule has 2 saturated heterocycles. The molecule has 96 valence electrons. The third-order valence-electron chi connectivity index (χ3n) is 4.94. The van der Waals surface area contributed by atoms with Gasteiger partial charge in [0.1, 0.15) is 0 Å². The van der Waals surface area contributed by atoms with Gasteiger partial charge in [0.15, 0.2) is 0 Å². The molecule has 2 aliphatic heterocycles. The average Bonchev–Trinajstić information content (AvgIpc) is 2.56. The summed E-state index contributed by atoms with van der Waals surface area (Å²) in [6.45, 7) is 2.18. The second-order valence-electron chi connectivity index (χ2n) is 6.64.